The van der Waals surface area contributed by atoms with E-state index in [0.717, 1.165) is 31.9 Å². The highest BCUT2D eigenvalue weighted by Crippen LogP contribution is 2.25. The summed E-state index contributed by atoms with van der Waals surface area (Å²) in [6.07, 6.45) is 4.49. The Labute approximate surface area is 128 Å². The molecule has 0 bridgehead atoms. The van der Waals surface area contributed by atoms with Crippen LogP contribution in [0.3, 0.4) is 0 Å². The van der Waals surface area contributed by atoms with Gasteiger partial charge in [0, 0.05) is 13.6 Å². The molecule has 2 aliphatic rings. The molecule has 0 radical (unpaired) electrons. The lowest BCUT2D eigenvalue weighted by atomic mass is 9.91. The zero-order valence-corrected chi connectivity index (χ0v) is 14.0. The van der Waals surface area contributed by atoms with Crippen molar-refractivity contribution in [3.8, 4) is 0 Å². The molecule has 21 heavy (non-hydrogen) atoms. The first-order valence-corrected chi connectivity index (χ1v) is 8.25. The molecule has 0 saturated carbocycles. The van der Waals surface area contributed by atoms with Crippen LogP contribution in [-0.2, 0) is 4.79 Å². The summed E-state index contributed by atoms with van der Waals surface area (Å²) in [5.41, 5.74) is -0.489. The topological polar surface area (TPSA) is 47.9 Å². The Bertz CT molecular complexity index is 401. The van der Waals surface area contributed by atoms with Crippen molar-refractivity contribution in [2.75, 3.05) is 33.2 Å². The van der Waals surface area contributed by atoms with Gasteiger partial charge >= 0.3 is 0 Å². The quantitative estimate of drug-likeness (QED) is 0.811. The van der Waals surface area contributed by atoms with Gasteiger partial charge in [-0.15, -0.1) is 0 Å². The largest absolute Gasteiger partial charge is 0.342 e. The summed E-state index contributed by atoms with van der Waals surface area (Å²) < 4.78 is 0. The Morgan fingerprint density at radius 1 is 1.29 bits per heavy atom. The van der Waals surface area contributed by atoms with Crippen molar-refractivity contribution in [2.45, 2.75) is 52.0 Å². The third kappa shape index (κ3) is 3.76. The number of carbonyl (C=O) groups is 1. The van der Waals surface area contributed by atoms with Crippen LogP contribution in [0.5, 0.6) is 0 Å². The van der Waals surface area contributed by atoms with Gasteiger partial charge in [-0.25, -0.2) is 0 Å². The molecule has 0 aromatic rings. The number of nitrogens with zero attached hydrogens (tertiary/aromatic N) is 3. The van der Waals surface area contributed by atoms with Crippen LogP contribution in [0.4, 0.5) is 0 Å². The molecule has 2 rings (SSSR count). The molecule has 2 heterocycles. The maximum Gasteiger partial charge on any atom is 0.254 e. The minimum absolute atomic E-state index is 0.179. The maximum atomic E-state index is 12.7. The molecule has 2 aliphatic heterocycles. The van der Waals surface area contributed by atoms with E-state index in [1.165, 1.54) is 25.9 Å². The number of amides is 1. The number of guanidine groups is 1. The number of carbonyl (C=O) groups excluding carboxylic acids is 1. The second-order valence-electron chi connectivity index (χ2n) is 6.96. The van der Waals surface area contributed by atoms with E-state index in [4.69, 9.17) is 0 Å². The molecule has 5 nitrogen and oxygen atoms in total. The van der Waals surface area contributed by atoms with Crippen LogP contribution in [0.2, 0.25) is 0 Å². The molecule has 5 heteroatoms. The number of hydrogen-bond acceptors (Lipinski definition) is 3. The van der Waals surface area contributed by atoms with E-state index >= 15 is 0 Å². The highest BCUT2D eigenvalue weighted by Gasteiger charge is 2.46. The molecular formula is C16H30N4O. The Hall–Kier alpha value is -1.10. The minimum Gasteiger partial charge on any atom is -0.342 e. The molecule has 1 atom stereocenters. The van der Waals surface area contributed by atoms with E-state index in [9.17, 15) is 4.79 Å². The van der Waals surface area contributed by atoms with Crippen LogP contribution >= 0.6 is 0 Å². The highest BCUT2D eigenvalue weighted by molar-refractivity contribution is 6.08. The van der Waals surface area contributed by atoms with Gasteiger partial charge in [0.05, 0.1) is 0 Å². The molecule has 1 N–H and O–H groups in total. The van der Waals surface area contributed by atoms with Crippen LogP contribution in [-0.4, -0.2) is 60.4 Å². The fourth-order valence-corrected chi connectivity index (χ4v) is 3.56. The van der Waals surface area contributed by atoms with E-state index in [0.29, 0.717) is 5.92 Å². The van der Waals surface area contributed by atoms with Gasteiger partial charge in [0.2, 0.25) is 5.96 Å². The molecule has 120 valence electrons. The maximum absolute atomic E-state index is 12.7. The van der Waals surface area contributed by atoms with Crippen LogP contribution in [0.15, 0.2) is 4.99 Å². The van der Waals surface area contributed by atoms with Crippen molar-refractivity contribution >= 4 is 11.9 Å². The number of likely N-dealkylation sites (tertiary alicyclic amines) is 1. The first-order chi connectivity index (χ1) is 9.96. The average Bonchev–Trinajstić information content (AvgIpc) is 3.00. The van der Waals surface area contributed by atoms with Crippen LogP contribution in [0.1, 0.15) is 46.5 Å². The molecule has 1 amide bonds. The van der Waals surface area contributed by atoms with Gasteiger partial charge in [0.15, 0.2) is 0 Å². The van der Waals surface area contributed by atoms with Crippen LogP contribution in [0, 0.1) is 5.92 Å². The summed E-state index contributed by atoms with van der Waals surface area (Å²) >= 11 is 0. The van der Waals surface area contributed by atoms with Crippen molar-refractivity contribution in [2.24, 2.45) is 10.9 Å². The zero-order valence-electron chi connectivity index (χ0n) is 14.0. The normalized spacial score (nSPS) is 28.9. The van der Waals surface area contributed by atoms with Gasteiger partial charge in [0.1, 0.15) is 5.54 Å². The fraction of sp³-hybridized carbons (Fsp3) is 0.875. The SMILES string of the molecule is C/N=C1\NC(C)(CC(C)C)C(=O)N1CCCN1CCCC1. The van der Waals surface area contributed by atoms with Gasteiger partial charge in [0.25, 0.3) is 5.91 Å². The standard InChI is InChI=1S/C16H30N4O/c1-13(2)12-16(3)14(21)20(15(17-4)18-16)11-7-10-19-8-5-6-9-19/h13H,5-12H2,1-4H3,(H,17,18). The van der Waals surface area contributed by atoms with Crippen LogP contribution < -0.4 is 5.32 Å². The smallest absolute Gasteiger partial charge is 0.254 e. The summed E-state index contributed by atoms with van der Waals surface area (Å²) in [6, 6.07) is 0. The van der Waals surface area contributed by atoms with E-state index in [2.05, 4.69) is 29.1 Å². The second-order valence-corrected chi connectivity index (χ2v) is 6.96. The fourth-order valence-electron chi connectivity index (χ4n) is 3.56. The summed E-state index contributed by atoms with van der Waals surface area (Å²) in [5, 5.41) is 3.34. The van der Waals surface area contributed by atoms with Crippen molar-refractivity contribution in [1.82, 2.24) is 15.1 Å². The summed E-state index contributed by atoms with van der Waals surface area (Å²) in [7, 11) is 1.75. The second kappa shape index (κ2) is 6.77. The van der Waals surface area contributed by atoms with Crippen molar-refractivity contribution in [3.05, 3.63) is 0 Å². The molecule has 2 saturated heterocycles. The predicted octanol–water partition coefficient (Wildman–Crippen LogP) is 1.69. The van der Waals surface area contributed by atoms with Crippen molar-refractivity contribution in [1.29, 1.82) is 0 Å². The van der Waals surface area contributed by atoms with E-state index < -0.39 is 5.54 Å². The lowest BCUT2D eigenvalue weighted by Crippen LogP contribution is -2.45. The average molecular weight is 294 g/mol. The monoisotopic (exact) mass is 294 g/mol. The first-order valence-electron chi connectivity index (χ1n) is 8.25. The molecule has 1 unspecified atom stereocenters. The number of rotatable bonds is 6. The molecule has 0 aromatic heterocycles. The number of hydrogen-bond donors (Lipinski definition) is 1. The van der Waals surface area contributed by atoms with Gasteiger partial charge in [-0.1, -0.05) is 13.8 Å². The summed E-state index contributed by atoms with van der Waals surface area (Å²) in [6.45, 7) is 10.6. The van der Waals surface area contributed by atoms with E-state index in [1.54, 1.807) is 7.05 Å². The van der Waals surface area contributed by atoms with Crippen molar-refractivity contribution < 1.29 is 4.79 Å². The minimum atomic E-state index is -0.489. The highest BCUT2D eigenvalue weighted by atomic mass is 16.2. The zero-order chi connectivity index (χ0) is 15.5. The number of nitrogens with one attached hydrogen (secondary N) is 1. The summed E-state index contributed by atoms with van der Waals surface area (Å²) in [4.78, 5) is 21.3. The lowest BCUT2D eigenvalue weighted by molar-refractivity contribution is -0.131. The Balaban J connectivity index is 1.92. The van der Waals surface area contributed by atoms with Gasteiger partial charge in [-0.05, 0) is 58.2 Å². The van der Waals surface area contributed by atoms with E-state index in [-0.39, 0.29) is 5.91 Å². The van der Waals surface area contributed by atoms with Gasteiger partial charge < -0.3 is 10.2 Å². The predicted molar refractivity (Wildman–Crippen MR) is 86.4 cm³/mol. The van der Waals surface area contributed by atoms with Gasteiger partial charge in [-0.3, -0.25) is 14.7 Å². The Morgan fingerprint density at radius 3 is 2.52 bits per heavy atom. The summed E-state index contributed by atoms with van der Waals surface area (Å²) in [5.74, 6) is 1.40. The van der Waals surface area contributed by atoms with Crippen molar-refractivity contribution in [3.63, 3.8) is 0 Å². The third-order valence-corrected chi connectivity index (χ3v) is 4.44. The first kappa shape index (κ1) is 16.3. The number of aliphatic imine (C=N–C) groups is 1. The Morgan fingerprint density at radius 2 is 1.95 bits per heavy atom. The van der Waals surface area contributed by atoms with Crippen LogP contribution in [0.25, 0.3) is 0 Å². The Kier molecular flexibility index (Phi) is 5.25. The lowest BCUT2D eigenvalue weighted by Gasteiger charge is -2.24. The molecule has 0 aromatic carbocycles. The molecular weight excluding hydrogens is 264 g/mol. The third-order valence-electron chi connectivity index (χ3n) is 4.44. The van der Waals surface area contributed by atoms with Gasteiger partial charge in [-0.2, -0.15) is 0 Å². The molecule has 2 fully saturated rings. The van der Waals surface area contributed by atoms with E-state index in [1.807, 2.05) is 11.8 Å². The molecule has 0 spiro atoms. The molecule has 0 aliphatic carbocycles.